The van der Waals surface area contributed by atoms with Crippen molar-refractivity contribution in [2.45, 2.75) is 25.9 Å². The summed E-state index contributed by atoms with van der Waals surface area (Å²) in [5.74, 6) is 0.542. The fraction of sp³-hybridized carbons (Fsp3) is 0.500. The van der Waals surface area contributed by atoms with Crippen molar-refractivity contribution in [2.24, 2.45) is 10.9 Å². The summed E-state index contributed by atoms with van der Waals surface area (Å²) in [6, 6.07) is 0.873. The van der Waals surface area contributed by atoms with Crippen LogP contribution in [-0.2, 0) is 0 Å². The number of fused-ring (bicyclic) bond motifs is 1. The molecule has 1 N–H and O–H groups in total. The van der Waals surface area contributed by atoms with Gasteiger partial charge in [-0.3, -0.25) is 4.99 Å². The SMILES string of the molecule is CC1=CC2C(C=C1)N=CN[C@H]2C. The van der Waals surface area contributed by atoms with Crippen LogP contribution in [-0.4, -0.2) is 18.4 Å². The number of nitrogens with one attached hydrogen (secondary N) is 1. The molecule has 2 rings (SSSR count). The third-order valence-electron chi connectivity index (χ3n) is 2.57. The zero-order chi connectivity index (χ0) is 8.55. The molecule has 2 unspecified atom stereocenters. The maximum atomic E-state index is 4.37. The number of rotatable bonds is 0. The van der Waals surface area contributed by atoms with Gasteiger partial charge in [-0.2, -0.15) is 0 Å². The molecule has 0 fully saturated rings. The van der Waals surface area contributed by atoms with Crippen LogP contribution in [0.25, 0.3) is 0 Å². The molecule has 0 saturated carbocycles. The lowest BCUT2D eigenvalue weighted by Crippen LogP contribution is -2.42. The van der Waals surface area contributed by atoms with E-state index < -0.39 is 0 Å². The average molecular weight is 162 g/mol. The third kappa shape index (κ3) is 1.17. The monoisotopic (exact) mass is 162 g/mol. The molecule has 1 aliphatic carbocycles. The Labute approximate surface area is 73.1 Å². The second kappa shape index (κ2) is 2.77. The van der Waals surface area contributed by atoms with Crippen molar-refractivity contribution < 1.29 is 0 Å². The number of hydrogen-bond acceptors (Lipinski definition) is 2. The van der Waals surface area contributed by atoms with E-state index in [1.807, 2.05) is 6.34 Å². The molecule has 1 aliphatic heterocycles. The van der Waals surface area contributed by atoms with Gasteiger partial charge in [0.15, 0.2) is 0 Å². The molecule has 1 heterocycles. The van der Waals surface area contributed by atoms with Crippen LogP contribution in [0, 0.1) is 5.92 Å². The summed E-state index contributed by atoms with van der Waals surface area (Å²) in [6.07, 6.45) is 8.47. The highest BCUT2D eigenvalue weighted by atomic mass is 15.0. The molecule has 12 heavy (non-hydrogen) atoms. The zero-order valence-electron chi connectivity index (χ0n) is 7.49. The first-order valence-electron chi connectivity index (χ1n) is 4.42. The van der Waals surface area contributed by atoms with E-state index >= 15 is 0 Å². The van der Waals surface area contributed by atoms with E-state index in [9.17, 15) is 0 Å². The second-order valence-corrected chi connectivity index (χ2v) is 3.57. The minimum Gasteiger partial charge on any atom is -0.373 e. The van der Waals surface area contributed by atoms with E-state index in [0.717, 1.165) is 0 Å². The van der Waals surface area contributed by atoms with Gasteiger partial charge in [0.1, 0.15) is 0 Å². The Bertz CT molecular complexity index is 263. The summed E-state index contributed by atoms with van der Waals surface area (Å²) in [5, 5.41) is 3.23. The summed E-state index contributed by atoms with van der Waals surface area (Å²) in [5.41, 5.74) is 1.35. The quantitative estimate of drug-likeness (QED) is 0.573. The van der Waals surface area contributed by atoms with Crippen LogP contribution in [0.15, 0.2) is 28.8 Å². The molecule has 0 aromatic rings. The van der Waals surface area contributed by atoms with Crippen LogP contribution in [0.3, 0.4) is 0 Å². The number of nitrogens with zero attached hydrogens (tertiary/aromatic N) is 1. The normalized spacial score (nSPS) is 38.5. The van der Waals surface area contributed by atoms with Gasteiger partial charge in [0, 0.05) is 12.0 Å². The Morgan fingerprint density at radius 2 is 2.33 bits per heavy atom. The van der Waals surface area contributed by atoms with Gasteiger partial charge < -0.3 is 5.32 Å². The summed E-state index contributed by atoms with van der Waals surface area (Å²) in [4.78, 5) is 4.37. The first-order chi connectivity index (χ1) is 5.77. The van der Waals surface area contributed by atoms with Gasteiger partial charge in [0.2, 0.25) is 0 Å². The van der Waals surface area contributed by atoms with Crippen molar-refractivity contribution in [1.29, 1.82) is 0 Å². The first kappa shape index (κ1) is 7.59. The zero-order valence-corrected chi connectivity index (χ0v) is 7.49. The summed E-state index contributed by atoms with van der Waals surface area (Å²) >= 11 is 0. The average Bonchev–Trinajstić information content (AvgIpc) is 2.07. The van der Waals surface area contributed by atoms with E-state index in [4.69, 9.17) is 0 Å². The molecule has 64 valence electrons. The van der Waals surface area contributed by atoms with Crippen molar-refractivity contribution in [2.75, 3.05) is 0 Å². The number of allylic oxidation sites excluding steroid dienone is 2. The van der Waals surface area contributed by atoms with E-state index in [0.29, 0.717) is 18.0 Å². The first-order valence-corrected chi connectivity index (χ1v) is 4.42. The number of hydrogen-bond donors (Lipinski definition) is 1. The largest absolute Gasteiger partial charge is 0.373 e. The van der Waals surface area contributed by atoms with E-state index in [1.165, 1.54) is 5.57 Å². The summed E-state index contributed by atoms with van der Waals surface area (Å²) < 4.78 is 0. The summed E-state index contributed by atoms with van der Waals surface area (Å²) in [6.45, 7) is 4.34. The van der Waals surface area contributed by atoms with Gasteiger partial charge in [-0.05, 0) is 13.8 Å². The molecular formula is C10H14N2. The van der Waals surface area contributed by atoms with Crippen LogP contribution in [0.4, 0.5) is 0 Å². The molecule has 0 bridgehead atoms. The molecule has 0 saturated heterocycles. The highest BCUT2D eigenvalue weighted by Gasteiger charge is 2.26. The van der Waals surface area contributed by atoms with Crippen LogP contribution < -0.4 is 5.32 Å². The third-order valence-corrected chi connectivity index (χ3v) is 2.57. The Kier molecular flexibility index (Phi) is 1.75. The molecule has 2 aliphatic rings. The van der Waals surface area contributed by atoms with Crippen LogP contribution >= 0.6 is 0 Å². The predicted octanol–water partition coefficient (Wildman–Crippen LogP) is 1.51. The highest BCUT2D eigenvalue weighted by Crippen LogP contribution is 2.24. The van der Waals surface area contributed by atoms with Crippen LogP contribution in [0.2, 0.25) is 0 Å². The van der Waals surface area contributed by atoms with E-state index in [1.54, 1.807) is 0 Å². The fourth-order valence-electron chi connectivity index (χ4n) is 1.78. The van der Waals surface area contributed by atoms with Crippen molar-refractivity contribution in [3.63, 3.8) is 0 Å². The smallest absolute Gasteiger partial charge is 0.0833 e. The summed E-state index contributed by atoms with van der Waals surface area (Å²) in [7, 11) is 0. The second-order valence-electron chi connectivity index (χ2n) is 3.57. The predicted molar refractivity (Wildman–Crippen MR) is 51.3 cm³/mol. The van der Waals surface area contributed by atoms with Gasteiger partial charge in [-0.25, -0.2) is 0 Å². The van der Waals surface area contributed by atoms with Gasteiger partial charge in [0.25, 0.3) is 0 Å². The molecule has 2 nitrogen and oxygen atoms in total. The van der Waals surface area contributed by atoms with Gasteiger partial charge >= 0.3 is 0 Å². The van der Waals surface area contributed by atoms with Crippen molar-refractivity contribution in [3.05, 3.63) is 23.8 Å². The van der Waals surface area contributed by atoms with E-state index in [-0.39, 0.29) is 0 Å². The maximum Gasteiger partial charge on any atom is 0.0833 e. The number of aliphatic imine (C=N–C) groups is 1. The minimum atomic E-state index is 0.366. The minimum absolute atomic E-state index is 0.366. The lowest BCUT2D eigenvalue weighted by Gasteiger charge is -2.31. The molecule has 0 amide bonds. The Hall–Kier alpha value is -1.05. The maximum absolute atomic E-state index is 4.37. The van der Waals surface area contributed by atoms with Gasteiger partial charge in [-0.1, -0.05) is 23.8 Å². The molecule has 2 heteroatoms. The molecule has 3 atom stereocenters. The Morgan fingerprint density at radius 3 is 3.17 bits per heavy atom. The molecule has 0 spiro atoms. The van der Waals surface area contributed by atoms with Crippen LogP contribution in [0.1, 0.15) is 13.8 Å². The highest BCUT2D eigenvalue weighted by molar-refractivity contribution is 5.57. The van der Waals surface area contributed by atoms with Gasteiger partial charge in [-0.15, -0.1) is 0 Å². The fourth-order valence-corrected chi connectivity index (χ4v) is 1.78. The molecule has 0 radical (unpaired) electrons. The molecule has 0 aromatic carbocycles. The van der Waals surface area contributed by atoms with Crippen LogP contribution in [0.5, 0.6) is 0 Å². The topological polar surface area (TPSA) is 24.4 Å². The van der Waals surface area contributed by atoms with E-state index in [2.05, 4.69) is 42.4 Å². The van der Waals surface area contributed by atoms with Crippen molar-refractivity contribution >= 4 is 6.34 Å². The van der Waals surface area contributed by atoms with Crippen molar-refractivity contribution in [3.8, 4) is 0 Å². The lowest BCUT2D eigenvalue weighted by atomic mass is 9.86. The van der Waals surface area contributed by atoms with Gasteiger partial charge in [0.05, 0.1) is 12.4 Å². The Morgan fingerprint density at radius 1 is 1.50 bits per heavy atom. The Balaban J connectivity index is 2.27. The molecule has 0 aromatic heterocycles. The molecular weight excluding hydrogens is 148 g/mol. The lowest BCUT2D eigenvalue weighted by molar-refractivity contribution is 0.433. The standard InChI is InChI=1S/C10H14N2/c1-7-3-4-10-9(5-7)8(2)11-6-12-10/h3-6,8-10H,1-2H3,(H,11,12)/t8-,9?,10?/m0/s1. The van der Waals surface area contributed by atoms with Crippen molar-refractivity contribution in [1.82, 2.24) is 5.32 Å².